The first-order valence-corrected chi connectivity index (χ1v) is 10.9. The van der Waals surface area contributed by atoms with Crippen LogP contribution < -0.4 is 0 Å². The lowest BCUT2D eigenvalue weighted by Gasteiger charge is -2.36. The molecule has 1 aromatic carbocycles. The molecule has 120 valence electrons. The van der Waals surface area contributed by atoms with E-state index in [1.54, 1.807) is 0 Å². The standard InChI is InChI=1S/C18H32O2Si/c1-14-10-11-17(15(2)19)16(13-14)9-8-12-20-21(6,7)18(3,4)5/h10-11,13,15,19H,8-9,12H2,1-7H3. The van der Waals surface area contributed by atoms with Crippen LogP contribution in [0.5, 0.6) is 0 Å². The van der Waals surface area contributed by atoms with Crippen LogP contribution in [-0.2, 0) is 10.8 Å². The third-order valence-corrected chi connectivity index (χ3v) is 9.15. The smallest absolute Gasteiger partial charge is 0.191 e. The number of hydrogen-bond acceptors (Lipinski definition) is 2. The molecule has 1 unspecified atom stereocenters. The predicted molar refractivity (Wildman–Crippen MR) is 93.3 cm³/mol. The zero-order chi connectivity index (χ0) is 16.3. The SMILES string of the molecule is Cc1ccc(C(C)O)c(CCCO[Si](C)(C)C(C)(C)C)c1. The molecule has 21 heavy (non-hydrogen) atoms. The van der Waals surface area contributed by atoms with Crippen molar-refractivity contribution in [3.8, 4) is 0 Å². The molecule has 0 spiro atoms. The fourth-order valence-electron chi connectivity index (χ4n) is 2.17. The van der Waals surface area contributed by atoms with Crippen molar-refractivity contribution in [2.24, 2.45) is 0 Å². The predicted octanol–water partition coefficient (Wildman–Crippen LogP) is 5.00. The molecule has 0 fully saturated rings. The molecule has 1 rings (SSSR count). The van der Waals surface area contributed by atoms with Gasteiger partial charge < -0.3 is 9.53 Å². The van der Waals surface area contributed by atoms with Crippen molar-refractivity contribution >= 4 is 8.32 Å². The summed E-state index contributed by atoms with van der Waals surface area (Å²) in [6.07, 6.45) is 1.58. The van der Waals surface area contributed by atoms with Crippen LogP contribution in [0.4, 0.5) is 0 Å². The maximum absolute atomic E-state index is 9.86. The zero-order valence-corrected chi connectivity index (χ0v) is 15.8. The second-order valence-corrected chi connectivity index (χ2v) is 12.4. The first kappa shape index (κ1) is 18.4. The molecule has 0 saturated carbocycles. The summed E-state index contributed by atoms with van der Waals surface area (Å²) in [7, 11) is -1.64. The van der Waals surface area contributed by atoms with Gasteiger partial charge in [-0.05, 0) is 55.9 Å². The van der Waals surface area contributed by atoms with Gasteiger partial charge in [-0.3, -0.25) is 0 Å². The largest absolute Gasteiger partial charge is 0.417 e. The van der Waals surface area contributed by atoms with E-state index in [0.29, 0.717) is 0 Å². The van der Waals surface area contributed by atoms with Crippen LogP contribution in [0.15, 0.2) is 18.2 Å². The van der Waals surface area contributed by atoms with Crippen LogP contribution in [-0.4, -0.2) is 20.0 Å². The van der Waals surface area contributed by atoms with Gasteiger partial charge in [-0.15, -0.1) is 0 Å². The maximum Gasteiger partial charge on any atom is 0.191 e. The molecule has 0 saturated heterocycles. The molecule has 0 aromatic heterocycles. The highest BCUT2D eigenvalue weighted by Crippen LogP contribution is 2.36. The summed E-state index contributed by atoms with van der Waals surface area (Å²) < 4.78 is 6.22. The Labute approximate surface area is 131 Å². The molecule has 0 aliphatic heterocycles. The van der Waals surface area contributed by atoms with E-state index in [-0.39, 0.29) is 5.04 Å². The Balaban J connectivity index is 2.59. The van der Waals surface area contributed by atoms with Crippen molar-refractivity contribution < 1.29 is 9.53 Å². The van der Waals surface area contributed by atoms with Crippen molar-refractivity contribution in [2.75, 3.05) is 6.61 Å². The first-order chi connectivity index (χ1) is 9.54. The lowest BCUT2D eigenvalue weighted by molar-refractivity contribution is 0.198. The van der Waals surface area contributed by atoms with E-state index >= 15 is 0 Å². The monoisotopic (exact) mass is 308 g/mol. The molecule has 0 aliphatic rings. The Kier molecular flexibility index (Phi) is 6.20. The van der Waals surface area contributed by atoms with Gasteiger partial charge >= 0.3 is 0 Å². The Bertz CT molecular complexity index is 459. The lowest BCUT2D eigenvalue weighted by Crippen LogP contribution is -2.41. The van der Waals surface area contributed by atoms with Gasteiger partial charge in [0.15, 0.2) is 8.32 Å². The topological polar surface area (TPSA) is 29.5 Å². The summed E-state index contributed by atoms with van der Waals surface area (Å²) in [5, 5.41) is 10.1. The number of hydrogen-bond donors (Lipinski definition) is 1. The van der Waals surface area contributed by atoms with Gasteiger partial charge in [0.1, 0.15) is 0 Å². The van der Waals surface area contributed by atoms with Crippen LogP contribution >= 0.6 is 0 Å². The van der Waals surface area contributed by atoms with Gasteiger partial charge in [0.05, 0.1) is 6.10 Å². The lowest BCUT2D eigenvalue weighted by atomic mass is 9.97. The molecule has 2 nitrogen and oxygen atoms in total. The van der Waals surface area contributed by atoms with Gasteiger partial charge in [0.25, 0.3) is 0 Å². The highest BCUT2D eigenvalue weighted by Gasteiger charge is 2.36. The second-order valence-electron chi connectivity index (χ2n) is 7.59. The molecule has 1 atom stereocenters. The molecule has 3 heteroatoms. The van der Waals surface area contributed by atoms with Crippen molar-refractivity contribution in [1.29, 1.82) is 0 Å². The van der Waals surface area contributed by atoms with E-state index in [9.17, 15) is 5.11 Å². The zero-order valence-electron chi connectivity index (χ0n) is 14.8. The van der Waals surface area contributed by atoms with Crippen molar-refractivity contribution in [1.82, 2.24) is 0 Å². The summed E-state index contributed by atoms with van der Waals surface area (Å²) in [5.41, 5.74) is 3.55. The van der Waals surface area contributed by atoms with Gasteiger partial charge in [-0.1, -0.05) is 44.5 Å². The molecule has 0 bridgehead atoms. The van der Waals surface area contributed by atoms with Gasteiger partial charge in [0, 0.05) is 6.61 Å². The van der Waals surface area contributed by atoms with Crippen molar-refractivity contribution in [2.45, 2.75) is 71.7 Å². The molecule has 1 aromatic rings. The van der Waals surface area contributed by atoms with Gasteiger partial charge in [0.2, 0.25) is 0 Å². The van der Waals surface area contributed by atoms with E-state index in [4.69, 9.17) is 4.43 Å². The number of aryl methyl sites for hydroxylation is 2. The maximum atomic E-state index is 9.86. The molecule has 1 N–H and O–H groups in total. The second kappa shape index (κ2) is 7.08. The highest BCUT2D eigenvalue weighted by atomic mass is 28.4. The molecule has 0 amide bonds. The minimum atomic E-state index is -1.64. The van der Waals surface area contributed by atoms with Crippen LogP contribution in [0, 0.1) is 6.92 Å². The van der Waals surface area contributed by atoms with Crippen LogP contribution in [0.1, 0.15) is 56.9 Å². The quantitative estimate of drug-likeness (QED) is 0.592. The average Bonchev–Trinajstić information content (AvgIpc) is 2.33. The number of benzene rings is 1. The van der Waals surface area contributed by atoms with Crippen LogP contribution in [0.25, 0.3) is 0 Å². The van der Waals surface area contributed by atoms with E-state index in [0.717, 1.165) is 25.0 Å². The Morgan fingerprint density at radius 1 is 1.24 bits per heavy atom. The molecular weight excluding hydrogens is 276 g/mol. The number of aliphatic hydroxyl groups is 1. The number of rotatable bonds is 6. The highest BCUT2D eigenvalue weighted by molar-refractivity contribution is 6.74. The number of aliphatic hydroxyl groups excluding tert-OH is 1. The van der Waals surface area contributed by atoms with E-state index in [2.05, 4.69) is 52.9 Å². The van der Waals surface area contributed by atoms with Crippen molar-refractivity contribution in [3.63, 3.8) is 0 Å². The Morgan fingerprint density at radius 2 is 1.86 bits per heavy atom. The Morgan fingerprint density at radius 3 is 2.38 bits per heavy atom. The summed E-state index contributed by atoms with van der Waals surface area (Å²) in [4.78, 5) is 0. The molecule has 0 heterocycles. The normalized spacial score (nSPS) is 14.3. The Hall–Kier alpha value is -0.643. The van der Waals surface area contributed by atoms with Crippen LogP contribution in [0.3, 0.4) is 0 Å². The average molecular weight is 309 g/mol. The fourth-order valence-corrected chi connectivity index (χ4v) is 3.25. The van der Waals surface area contributed by atoms with Crippen LogP contribution in [0.2, 0.25) is 18.1 Å². The summed E-state index contributed by atoms with van der Waals surface area (Å²) >= 11 is 0. The summed E-state index contributed by atoms with van der Waals surface area (Å²) in [5.74, 6) is 0. The molecule has 0 aliphatic carbocycles. The fraction of sp³-hybridized carbons (Fsp3) is 0.667. The molecule has 0 radical (unpaired) electrons. The van der Waals surface area contributed by atoms with E-state index in [1.807, 2.05) is 13.0 Å². The van der Waals surface area contributed by atoms with E-state index in [1.165, 1.54) is 11.1 Å². The third kappa shape index (κ3) is 5.24. The summed E-state index contributed by atoms with van der Waals surface area (Å²) in [6.45, 7) is 16.1. The minimum Gasteiger partial charge on any atom is -0.417 e. The summed E-state index contributed by atoms with van der Waals surface area (Å²) in [6, 6.07) is 6.30. The molecular formula is C18H32O2Si. The van der Waals surface area contributed by atoms with Gasteiger partial charge in [-0.25, -0.2) is 0 Å². The van der Waals surface area contributed by atoms with Gasteiger partial charge in [-0.2, -0.15) is 0 Å². The van der Waals surface area contributed by atoms with E-state index < -0.39 is 14.4 Å². The first-order valence-electron chi connectivity index (χ1n) is 7.96. The van der Waals surface area contributed by atoms with Crippen molar-refractivity contribution in [3.05, 3.63) is 34.9 Å². The minimum absolute atomic E-state index is 0.265. The third-order valence-electron chi connectivity index (χ3n) is 4.61.